The molecule has 1 aliphatic heterocycles. The topological polar surface area (TPSA) is 63.8 Å². The van der Waals surface area contributed by atoms with E-state index in [1.165, 1.54) is 12.8 Å². The zero-order valence-corrected chi connectivity index (χ0v) is 20.5. The van der Waals surface area contributed by atoms with Crippen molar-refractivity contribution in [3.63, 3.8) is 0 Å². The van der Waals surface area contributed by atoms with E-state index in [2.05, 4.69) is 78.5 Å². The minimum atomic E-state index is 0.519. The molecule has 7 heteroatoms. The minimum absolute atomic E-state index is 0.519. The Balaban J connectivity index is 1.57. The number of benzene rings is 1. The van der Waals surface area contributed by atoms with Crippen LogP contribution in [0.2, 0.25) is 0 Å². The summed E-state index contributed by atoms with van der Waals surface area (Å²) in [6.07, 6.45) is 6.41. The molecule has 0 unspecified atom stereocenters. The lowest BCUT2D eigenvalue weighted by Crippen LogP contribution is -2.33. The van der Waals surface area contributed by atoms with Gasteiger partial charge in [0.15, 0.2) is 0 Å². The average Bonchev–Trinajstić information content (AvgIpc) is 3.56. The Morgan fingerprint density at radius 1 is 1.12 bits per heavy atom. The van der Waals surface area contributed by atoms with Crippen LogP contribution in [0.5, 0.6) is 0 Å². The summed E-state index contributed by atoms with van der Waals surface area (Å²) in [4.78, 5) is 12.3. The van der Waals surface area contributed by atoms with Crippen LogP contribution in [0.1, 0.15) is 44.9 Å². The van der Waals surface area contributed by atoms with Crippen molar-refractivity contribution in [3.8, 4) is 11.4 Å². The van der Waals surface area contributed by atoms with Gasteiger partial charge < -0.3 is 14.8 Å². The Bertz CT molecular complexity index is 1300. The molecule has 0 amide bonds. The van der Waals surface area contributed by atoms with Crippen LogP contribution in [0, 0.1) is 0 Å². The van der Waals surface area contributed by atoms with Crippen LogP contribution in [-0.2, 0) is 13.1 Å². The van der Waals surface area contributed by atoms with Crippen molar-refractivity contribution in [2.24, 2.45) is 0 Å². The molecule has 0 bridgehead atoms. The highest BCUT2D eigenvalue weighted by Crippen LogP contribution is 2.31. The summed E-state index contributed by atoms with van der Waals surface area (Å²) >= 11 is 0. The van der Waals surface area contributed by atoms with Gasteiger partial charge in [-0.2, -0.15) is 5.10 Å². The summed E-state index contributed by atoms with van der Waals surface area (Å²) in [5.74, 6) is 1.94. The largest absolute Gasteiger partial charge is 0.388 e. The van der Waals surface area contributed by atoms with E-state index in [0.717, 1.165) is 51.7 Å². The zero-order valence-electron chi connectivity index (χ0n) is 20.5. The van der Waals surface area contributed by atoms with Crippen LogP contribution >= 0.6 is 0 Å². The van der Waals surface area contributed by atoms with Crippen molar-refractivity contribution < 1.29 is 0 Å². The van der Waals surface area contributed by atoms with Gasteiger partial charge in [0.2, 0.25) is 0 Å². The quantitative estimate of drug-likeness (QED) is 0.428. The average molecular weight is 456 g/mol. The minimum Gasteiger partial charge on any atom is -0.388 e. The summed E-state index contributed by atoms with van der Waals surface area (Å²) in [6, 6.07) is 13.7. The van der Waals surface area contributed by atoms with Gasteiger partial charge in [-0.1, -0.05) is 12.6 Å². The molecule has 0 aliphatic carbocycles. The second-order valence-corrected chi connectivity index (χ2v) is 9.20. The summed E-state index contributed by atoms with van der Waals surface area (Å²) in [6.45, 7) is 12.3. The molecule has 34 heavy (non-hydrogen) atoms. The molecule has 7 nitrogen and oxygen atoms in total. The fraction of sp³-hybridized carbons (Fsp3) is 0.370. The first kappa shape index (κ1) is 22.2. The highest BCUT2D eigenvalue weighted by atomic mass is 15.3. The number of rotatable bonds is 7. The molecule has 1 fully saturated rings. The van der Waals surface area contributed by atoms with Gasteiger partial charge in [0.25, 0.3) is 0 Å². The highest BCUT2D eigenvalue weighted by molar-refractivity contribution is 5.84. The van der Waals surface area contributed by atoms with Crippen LogP contribution in [0.3, 0.4) is 0 Å². The monoisotopic (exact) mass is 455 g/mol. The van der Waals surface area contributed by atoms with E-state index in [4.69, 9.17) is 15.1 Å². The fourth-order valence-electron chi connectivity index (χ4n) is 4.99. The number of anilines is 1. The van der Waals surface area contributed by atoms with Gasteiger partial charge in [0.1, 0.15) is 11.6 Å². The first-order valence-electron chi connectivity index (χ1n) is 12.1. The number of imidazole rings is 1. The molecule has 5 rings (SSSR count). The van der Waals surface area contributed by atoms with E-state index in [1.807, 2.05) is 24.1 Å². The van der Waals surface area contributed by atoms with Crippen LogP contribution in [0.25, 0.3) is 28.1 Å². The summed E-state index contributed by atoms with van der Waals surface area (Å²) in [5, 5.41) is 7.84. The van der Waals surface area contributed by atoms with E-state index >= 15 is 0 Å². The fourth-order valence-corrected chi connectivity index (χ4v) is 4.99. The number of aromatic nitrogens is 5. The molecule has 3 aromatic heterocycles. The third-order valence-corrected chi connectivity index (χ3v) is 6.96. The molecule has 0 spiro atoms. The number of fused-ring (bicyclic) bond motifs is 1. The van der Waals surface area contributed by atoms with Gasteiger partial charge in [-0.15, -0.1) is 0 Å². The number of hydrogen-bond donors (Lipinski definition) is 1. The summed E-state index contributed by atoms with van der Waals surface area (Å²) < 4.78 is 4.19. The van der Waals surface area contributed by atoms with Gasteiger partial charge in [0.05, 0.1) is 23.3 Å². The van der Waals surface area contributed by atoms with Gasteiger partial charge in [-0.05, 0) is 69.5 Å². The number of nitrogens with zero attached hydrogens (tertiary/aromatic N) is 6. The Kier molecular flexibility index (Phi) is 5.86. The van der Waals surface area contributed by atoms with Gasteiger partial charge in [-0.3, -0.25) is 4.68 Å². The van der Waals surface area contributed by atoms with Crippen LogP contribution in [-0.4, -0.2) is 43.4 Å². The van der Waals surface area contributed by atoms with Gasteiger partial charge in [-0.25, -0.2) is 9.97 Å². The lowest BCUT2D eigenvalue weighted by Gasteiger charge is -2.27. The molecular formula is C27H33N7. The van der Waals surface area contributed by atoms with E-state index in [9.17, 15) is 0 Å². The standard InChI is InChI=1S/C27H33N7/c1-6-32-14-13-23(31-32)17-33-25-11-9-21(20(4)28-5)15-24(25)30-27(33)22-10-12-26(29-16-22)34-18(2)7-8-19(34)3/h9-16,18-19,28H,4,6-8,17H2,1-3,5H3/t18-,19+. The zero-order chi connectivity index (χ0) is 23.8. The molecule has 1 N–H and O–H groups in total. The normalized spacial score (nSPS) is 18.1. The third kappa shape index (κ3) is 3.95. The van der Waals surface area contributed by atoms with E-state index in [0.29, 0.717) is 18.6 Å². The Morgan fingerprint density at radius 2 is 1.91 bits per heavy atom. The molecule has 1 aliphatic rings. The molecule has 0 radical (unpaired) electrons. The smallest absolute Gasteiger partial charge is 0.143 e. The van der Waals surface area contributed by atoms with Gasteiger partial charge in [0, 0.05) is 49.3 Å². The van der Waals surface area contributed by atoms with E-state index < -0.39 is 0 Å². The number of aryl methyl sites for hydroxylation is 1. The maximum atomic E-state index is 5.05. The van der Waals surface area contributed by atoms with Crippen molar-refractivity contribution in [3.05, 3.63) is 66.6 Å². The number of hydrogen-bond acceptors (Lipinski definition) is 5. The van der Waals surface area contributed by atoms with Crippen molar-refractivity contribution in [2.45, 2.75) is 58.8 Å². The van der Waals surface area contributed by atoms with Crippen LogP contribution in [0.4, 0.5) is 5.82 Å². The molecule has 4 heterocycles. The maximum Gasteiger partial charge on any atom is 0.143 e. The third-order valence-electron chi connectivity index (χ3n) is 6.96. The molecule has 176 valence electrons. The second kappa shape index (κ2) is 8.97. The Morgan fingerprint density at radius 3 is 2.56 bits per heavy atom. The number of nitrogens with one attached hydrogen (secondary N) is 1. The van der Waals surface area contributed by atoms with Crippen molar-refractivity contribution in [1.29, 1.82) is 0 Å². The molecule has 2 atom stereocenters. The van der Waals surface area contributed by atoms with Crippen molar-refractivity contribution in [2.75, 3.05) is 11.9 Å². The lowest BCUT2D eigenvalue weighted by molar-refractivity contribution is 0.639. The maximum absolute atomic E-state index is 5.05. The van der Waals surface area contributed by atoms with Crippen molar-refractivity contribution >= 4 is 22.5 Å². The summed E-state index contributed by atoms with van der Waals surface area (Å²) in [7, 11) is 1.88. The molecule has 1 saturated heterocycles. The van der Waals surface area contributed by atoms with Crippen LogP contribution in [0.15, 0.2) is 55.4 Å². The van der Waals surface area contributed by atoms with E-state index in [1.54, 1.807) is 0 Å². The summed E-state index contributed by atoms with van der Waals surface area (Å²) in [5.41, 5.74) is 5.93. The molecular weight excluding hydrogens is 422 g/mol. The van der Waals surface area contributed by atoms with Crippen LogP contribution < -0.4 is 10.2 Å². The molecule has 1 aromatic carbocycles. The predicted octanol–water partition coefficient (Wildman–Crippen LogP) is 4.93. The number of pyridine rings is 1. The van der Waals surface area contributed by atoms with Gasteiger partial charge >= 0.3 is 0 Å². The second-order valence-electron chi connectivity index (χ2n) is 9.20. The Labute approximate surface area is 201 Å². The van der Waals surface area contributed by atoms with Crippen molar-refractivity contribution in [1.82, 2.24) is 29.6 Å². The highest BCUT2D eigenvalue weighted by Gasteiger charge is 2.28. The lowest BCUT2D eigenvalue weighted by atomic mass is 10.1. The predicted molar refractivity (Wildman–Crippen MR) is 139 cm³/mol. The first-order valence-corrected chi connectivity index (χ1v) is 12.1. The Hall–Kier alpha value is -3.61. The first-order chi connectivity index (χ1) is 16.5. The molecule has 0 saturated carbocycles. The SMILES string of the molecule is C=C(NC)c1ccc2c(c1)nc(-c1ccc(N3[C@H](C)CC[C@@H]3C)nc1)n2Cc1ccn(CC)n1. The van der Waals surface area contributed by atoms with E-state index in [-0.39, 0.29) is 0 Å². The molecule has 4 aromatic rings.